The number of furan rings is 1. The Hall–Kier alpha value is -2.64. The lowest BCUT2D eigenvalue weighted by Crippen LogP contribution is -2.17. The molecule has 0 aliphatic carbocycles. The van der Waals surface area contributed by atoms with Gasteiger partial charge in [0.15, 0.2) is 0 Å². The average molecular weight is 368 g/mol. The molecule has 0 bridgehead atoms. The lowest BCUT2D eigenvalue weighted by atomic mass is 10.0. The number of phenolic OH excluding ortho intramolecular Hbond substituents is 1. The number of nitrogens with one attached hydrogen (secondary N) is 1. The molecule has 1 aromatic carbocycles. The predicted octanol–water partition coefficient (Wildman–Crippen LogP) is 4.00. The Morgan fingerprint density at radius 2 is 2.16 bits per heavy atom. The smallest absolute Gasteiger partial charge is 0.263 e. The molecule has 0 atom stereocenters. The number of aromatic nitrogens is 1. The number of thiocarbonyl (C=S) groups is 1. The summed E-state index contributed by atoms with van der Waals surface area (Å²) in [7, 11) is 0. The second-order valence-corrected chi connectivity index (χ2v) is 7.33. The zero-order valence-corrected chi connectivity index (χ0v) is 14.7. The van der Waals surface area contributed by atoms with Crippen LogP contribution in [0.25, 0.3) is 28.2 Å². The number of aryl methyl sites for hydroxylation is 1. The Balaban J connectivity index is 1.81. The Bertz CT molecular complexity index is 1070. The maximum Gasteiger partial charge on any atom is 0.263 e. The number of carbonyl (C=O) groups is 1. The van der Waals surface area contributed by atoms with Crippen molar-refractivity contribution in [1.29, 1.82) is 0 Å². The molecule has 7 heteroatoms. The van der Waals surface area contributed by atoms with Crippen molar-refractivity contribution >= 4 is 51.3 Å². The number of hydrogen-bond donors (Lipinski definition) is 2. The fraction of sp³-hybridized carbons (Fsp3) is 0.0556. The number of rotatable bonds is 2. The van der Waals surface area contributed by atoms with Crippen LogP contribution in [0.4, 0.5) is 0 Å². The molecular weight excluding hydrogens is 356 g/mol. The van der Waals surface area contributed by atoms with E-state index in [1.54, 1.807) is 24.5 Å². The second-order valence-electron chi connectivity index (χ2n) is 5.61. The number of fused-ring (bicyclic) bond motifs is 1. The van der Waals surface area contributed by atoms with E-state index in [0.29, 0.717) is 20.6 Å². The highest BCUT2D eigenvalue weighted by atomic mass is 32.2. The maximum absolute atomic E-state index is 11.8. The summed E-state index contributed by atoms with van der Waals surface area (Å²) in [5.74, 6) is 0.582. The van der Waals surface area contributed by atoms with Gasteiger partial charge in [0.25, 0.3) is 5.91 Å². The molecular formula is C18H12N2O3S2. The van der Waals surface area contributed by atoms with Crippen LogP contribution in [0.3, 0.4) is 0 Å². The van der Waals surface area contributed by atoms with E-state index in [9.17, 15) is 9.90 Å². The predicted molar refractivity (Wildman–Crippen MR) is 102 cm³/mol. The number of amides is 1. The normalized spacial score (nSPS) is 16.0. The summed E-state index contributed by atoms with van der Waals surface area (Å²) in [5, 5.41) is 13.1. The van der Waals surface area contributed by atoms with Gasteiger partial charge in [0.1, 0.15) is 21.4 Å². The van der Waals surface area contributed by atoms with Crippen molar-refractivity contribution in [2.45, 2.75) is 6.92 Å². The maximum atomic E-state index is 11.8. The minimum atomic E-state index is -0.219. The van der Waals surface area contributed by atoms with Crippen molar-refractivity contribution in [2.24, 2.45) is 0 Å². The van der Waals surface area contributed by atoms with E-state index < -0.39 is 0 Å². The molecule has 2 N–H and O–H groups in total. The topological polar surface area (TPSA) is 75.4 Å². The van der Waals surface area contributed by atoms with E-state index >= 15 is 0 Å². The van der Waals surface area contributed by atoms with Crippen LogP contribution in [0.2, 0.25) is 0 Å². The molecule has 25 heavy (non-hydrogen) atoms. The molecule has 2 aromatic heterocycles. The van der Waals surface area contributed by atoms with Crippen LogP contribution in [0, 0.1) is 6.92 Å². The van der Waals surface area contributed by atoms with Gasteiger partial charge in [-0.15, -0.1) is 0 Å². The van der Waals surface area contributed by atoms with Gasteiger partial charge in [-0.05, 0) is 36.2 Å². The summed E-state index contributed by atoms with van der Waals surface area (Å²) >= 11 is 6.20. The molecule has 3 heterocycles. The molecule has 1 aliphatic heterocycles. The van der Waals surface area contributed by atoms with Gasteiger partial charge in [0.05, 0.1) is 4.91 Å². The summed E-state index contributed by atoms with van der Waals surface area (Å²) in [4.78, 5) is 16.6. The summed E-state index contributed by atoms with van der Waals surface area (Å²) in [6, 6.07) is 7.18. The van der Waals surface area contributed by atoms with Crippen LogP contribution >= 0.6 is 24.0 Å². The van der Waals surface area contributed by atoms with E-state index in [-0.39, 0.29) is 11.7 Å². The van der Waals surface area contributed by atoms with Gasteiger partial charge in [-0.25, -0.2) is 0 Å². The van der Waals surface area contributed by atoms with E-state index in [1.165, 1.54) is 11.8 Å². The standard InChI is InChI=1S/C18H12N2O3S2/c1-9-4-10(2-3-14(9)21)13-8-19-7-11-5-12(23-16(11)13)6-15-17(22)20-18(24)25-15/h2-8,21H,1H3,(H,20,22,24)/b15-6-. The molecule has 0 saturated carbocycles. The van der Waals surface area contributed by atoms with Gasteiger partial charge in [-0.3, -0.25) is 9.78 Å². The van der Waals surface area contributed by atoms with Crippen LogP contribution in [0.15, 0.2) is 46.0 Å². The van der Waals surface area contributed by atoms with Gasteiger partial charge in [0.2, 0.25) is 0 Å². The number of phenols is 1. The minimum Gasteiger partial charge on any atom is -0.508 e. The first-order chi connectivity index (χ1) is 12.0. The van der Waals surface area contributed by atoms with Gasteiger partial charge >= 0.3 is 0 Å². The monoisotopic (exact) mass is 368 g/mol. The van der Waals surface area contributed by atoms with Gasteiger partial charge in [-0.1, -0.05) is 30.0 Å². The van der Waals surface area contributed by atoms with E-state index in [1.807, 2.05) is 25.1 Å². The molecule has 1 aliphatic rings. The summed E-state index contributed by atoms with van der Waals surface area (Å²) in [6.45, 7) is 1.84. The number of hydrogen-bond acceptors (Lipinski definition) is 6. The molecule has 1 saturated heterocycles. The first kappa shape index (κ1) is 15.9. The van der Waals surface area contributed by atoms with Gasteiger partial charge < -0.3 is 14.8 Å². The average Bonchev–Trinajstić information content (AvgIpc) is 3.12. The minimum absolute atomic E-state index is 0.219. The Kier molecular flexibility index (Phi) is 3.82. The number of aromatic hydroxyl groups is 1. The third kappa shape index (κ3) is 2.92. The first-order valence-corrected chi connectivity index (χ1v) is 8.66. The van der Waals surface area contributed by atoms with Crippen molar-refractivity contribution in [3.05, 3.63) is 52.9 Å². The second kappa shape index (κ2) is 6.02. The Morgan fingerprint density at radius 3 is 2.88 bits per heavy atom. The van der Waals surface area contributed by atoms with Crippen LogP contribution in [-0.2, 0) is 4.79 Å². The van der Waals surface area contributed by atoms with Crippen molar-refractivity contribution in [3.63, 3.8) is 0 Å². The van der Waals surface area contributed by atoms with Crippen molar-refractivity contribution in [2.75, 3.05) is 0 Å². The van der Waals surface area contributed by atoms with Crippen LogP contribution in [0.1, 0.15) is 11.3 Å². The zero-order valence-electron chi connectivity index (χ0n) is 13.1. The molecule has 0 unspecified atom stereocenters. The lowest BCUT2D eigenvalue weighted by Gasteiger charge is -2.05. The SMILES string of the molecule is Cc1cc(-c2cncc3cc(/C=C4\SC(=S)NC4=O)oc23)ccc1O. The third-order valence-electron chi connectivity index (χ3n) is 3.86. The zero-order chi connectivity index (χ0) is 17.6. The molecule has 124 valence electrons. The Labute approximate surface area is 152 Å². The highest BCUT2D eigenvalue weighted by Gasteiger charge is 2.23. The number of nitrogens with zero attached hydrogens (tertiary/aromatic N) is 1. The van der Waals surface area contributed by atoms with Crippen molar-refractivity contribution < 1.29 is 14.3 Å². The lowest BCUT2D eigenvalue weighted by molar-refractivity contribution is -0.115. The fourth-order valence-electron chi connectivity index (χ4n) is 2.63. The van der Waals surface area contributed by atoms with Gasteiger partial charge in [-0.2, -0.15) is 0 Å². The van der Waals surface area contributed by atoms with Crippen molar-refractivity contribution in [3.8, 4) is 16.9 Å². The highest BCUT2D eigenvalue weighted by molar-refractivity contribution is 8.26. The quantitative estimate of drug-likeness (QED) is 0.526. The largest absolute Gasteiger partial charge is 0.508 e. The van der Waals surface area contributed by atoms with E-state index in [2.05, 4.69) is 10.3 Å². The highest BCUT2D eigenvalue weighted by Crippen LogP contribution is 2.34. The molecule has 0 spiro atoms. The first-order valence-electron chi connectivity index (χ1n) is 7.43. The van der Waals surface area contributed by atoms with E-state index in [0.717, 1.165) is 22.1 Å². The number of carbonyl (C=O) groups excluding carboxylic acids is 1. The molecule has 5 nitrogen and oxygen atoms in total. The van der Waals surface area contributed by atoms with Crippen LogP contribution in [-0.4, -0.2) is 20.3 Å². The summed E-state index contributed by atoms with van der Waals surface area (Å²) in [5.41, 5.74) is 3.18. The van der Waals surface area contributed by atoms with Gasteiger partial charge in [0, 0.05) is 29.4 Å². The van der Waals surface area contributed by atoms with Crippen LogP contribution in [0.5, 0.6) is 5.75 Å². The number of benzene rings is 1. The Morgan fingerprint density at radius 1 is 1.32 bits per heavy atom. The molecule has 4 rings (SSSR count). The van der Waals surface area contributed by atoms with E-state index in [4.69, 9.17) is 16.6 Å². The summed E-state index contributed by atoms with van der Waals surface area (Å²) < 4.78 is 6.39. The molecule has 0 radical (unpaired) electrons. The fourth-order valence-corrected chi connectivity index (χ4v) is 3.66. The third-order valence-corrected chi connectivity index (χ3v) is 5.03. The van der Waals surface area contributed by atoms with Crippen molar-refractivity contribution in [1.82, 2.24) is 10.3 Å². The number of pyridine rings is 1. The summed E-state index contributed by atoms with van der Waals surface area (Å²) in [6.07, 6.45) is 5.11. The molecule has 1 amide bonds. The number of thioether (sulfide) groups is 1. The molecule has 3 aromatic rings. The van der Waals surface area contributed by atoms with Crippen LogP contribution < -0.4 is 5.32 Å². The molecule has 1 fully saturated rings.